The molecule has 0 saturated heterocycles. The van der Waals surface area contributed by atoms with Crippen molar-refractivity contribution in [3.8, 4) is 0 Å². The van der Waals surface area contributed by atoms with Crippen molar-refractivity contribution in [2.24, 2.45) is 28.9 Å². The number of aliphatic carboxylic acids is 1. The van der Waals surface area contributed by atoms with Crippen LogP contribution in [0.4, 0.5) is 0 Å². The summed E-state index contributed by atoms with van der Waals surface area (Å²) in [5.41, 5.74) is 23.0. The lowest BCUT2D eigenvalue weighted by Gasteiger charge is -2.27. The maximum Gasteiger partial charge on any atom is 0.326 e. The fraction of sp³-hybridized carbons (Fsp3) is 0.750. The smallest absolute Gasteiger partial charge is 0.326 e. The summed E-state index contributed by atoms with van der Waals surface area (Å²) >= 11 is 0. The second-order valence-corrected chi connectivity index (χ2v) is 12.7. The molecule has 0 spiro atoms. The first-order chi connectivity index (χ1) is 22.8. The lowest BCUT2D eigenvalue weighted by Crippen LogP contribution is -2.59. The van der Waals surface area contributed by atoms with E-state index in [1.165, 1.54) is 0 Å². The Kier molecular flexibility index (Phi) is 20.9. The van der Waals surface area contributed by atoms with Gasteiger partial charge in [-0.2, -0.15) is 0 Å². The van der Waals surface area contributed by atoms with E-state index in [0.717, 1.165) is 0 Å². The zero-order valence-corrected chi connectivity index (χ0v) is 28.5. The molecule has 0 unspecified atom stereocenters. The minimum atomic E-state index is -1.19. The van der Waals surface area contributed by atoms with Gasteiger partial charge in [0.05, 0.1) is 6.04 Å². The summed E-state index contributed by atoms with van der Waals surface area (Å²) in [5, 5.41) is 23.0. The molecule has 6 atom stereocenters. The van der Waals surface area contributed by atoms with Gasteiger partial charge < -0.3 is 54.6 Å². The normalized spacial score (nSPS) is 22.8. The van der Waals surface area contributed by atoms with Crippen LogP contribution in [-0.2, 0) is 28.8 Å². The number of nitrogens with one attached hydrogen (secondary N) is 5. The van der Waals surface area contributed by atoms with Crippen molar-refractivity contribution in [3.63, 3.8) is 0 Å². The van der Waals surface area contributed by atoms with Crippen LogP contribution in [0, 0.1) is 5.92 Å². The highest BCUT2D eigenvalue weighted by Gasteiger charge is 2.32. The minimum Gasteiger partial charge on any atom is -0.480 e. The molecule has 0 saturated carbocycles. The largest absolute Gasteiger partial charge is 0.480 e. The number of nitrogens with two attached hydrogens (primary N) is 4. The Morgan fingerprint density at radius 1 is 0.771 bits per heavy atom. The van der Waals surface area contributed by atoms with E-state index >= 15 is 0 Å². The van der Waals surface area contributed by atoms with Crippen molar-refractivity contribution in [2.75, 3.05) is 19.6 Å². The molecule has 1 heterocycles. The molecule has 0 aromatic rings. The number of carbonyl (C=O) groups excluding carboxylic acids is 5. The molecule has 16 nitrogen and oxygen atoms in total. The number of hydrogen-bond donors (Lipinski definition) is 10. The Labute approximate surface area is 283 Å². The fourth-order valence-electron chi connectivity index (χ4n) is 5.16. The molecule has 274 valence electrons. The third-order valence-electron chi connectivity index (χ3n) is 7.96. The van der Waals surface area contributed by atoms with Gasteiger partial charge in [0.25, 0.3) is 0 Å². The average molecular weight is 682 g/mol. The van der Waals surface area contributed by atoms with E-state index in [1.54, 1.807) is 12.2 Å². The van der Waals surface area contributed by atoms with Gasteiger partial charge in [-0.15, -0.1) is 0 Å². The van der Waals surface area contributed by atoms with Crippen LogP contribution in [0.25, 0.3) is 0 Å². The second kappa shape index (κ2) is 23.7. The zero-order chi connectivity index (χ0) is 36.1. The Balaban J connectivity index is 3.35. The van der Waals surface area contributed by atoms with Gasteiger partial charge in [-0.05, 0) is 103 Å². The Bertz CT molecular complexity index is 1070. The molecule has 1 aliphatic rings. The van der Waals surface area contributed by atoms with Gasteiger partial charge in [0.1, 0.15) is 30.2 Å². The fourth-order valence-corrected chi connectivity index (χ4v) is 5.16. The van der Waals surface area contributed by atoms with Crippen LogP contribution >= 0.6 is 0 Å². The van der Waals surface area contributed by atoms with Crippen LogP contribution in [0.1, 0.15) is 90.9 Å². The summed E-state index contributed by atoms with van der Waals surface area (Å²) in [5.74, 6) is -4.28. The highest BCUT2D eigenvalue weighted by molar-refractivity contribution is 5.96. The maximum absolute atomic E-state index is 13.7. The van der Waals surface area contributed by atoms with Crippen molar-refractivity contribution >= 4 is 35.5 Å². The molecule has 48 heavy (non-hydrogen) atoms. The predicted octanol–water partition coefficient (Wildman–Crippen LogP) is -1.39. The van der Waals surface area contributed by atoms with Crippen LogP contribution in [0.5, 0.6) is 0 Å². The molecule has 0 aromatic carbocycles. The highest BCUT2D eigenvalue weighted by Crippen LogP contribution is 2.11. The maximum atomic E-state index is 13.7. The summed E-state index contributed by atoms with van der Waals surface area (Å²) in [6, 6.07) is -6.40. The number of unbranched alkanes of at least 4 members (excludes halogenated alkanes) is 3. The summed E-state index contributed by atoms with van der Waals surface area (Å²) in [6.07, 6.45) is 7.53. The van der Waals surface area contributed by atoms with E-state index in [1.807, 2.05) is 13.8 Å². The number of amides is 5. The predicted molar refractivity (Wildman–Crippen MR) is 182 cm³/mol. The standard InChI is InChI=1S/C32H59N9O7/c1-20(2)19-26(32(47)48)41-31(46)25(15-7-10-18-35)40-29(44)23-12-4-3-11-21(36)27(42)37-22(13-5-8-16-33)28(43)39-24(30(45)38-23)14-6-9-17-34/h3-4,20-26H,5-19,33-36H2,1-2H3,(H,37,42)(H,38,45)(H,39,43)(H,40,44)(H,41,46)(H,47,48)/b4-3+/t21-,22-,23-,24-,25+,26-/m0/s1. The SMILES string of the molecule is CC(C)C[C@H](NC(=O)[C@@H](CCCCN)NC(=O)[C@@H]1C/C=C/C[C@H](N)C(=O)N[C@@H](CCCCN)C(=O)N[C@@H](CCCCN)C(=O)N1)C(=O)O. The van der Waals surface area contributed by atoms with Gasteiger partial charge in [0.15, 0.2) is 0 Å². The number of carboxylic acid groups (broad SMARTS) is 1. The van der Waals surface area contributed by atoms with Crippen molar-refractivity contribution in [1.82, 2.24) is 26.6 Å². The monoisotopic (exact) mass is 681 g/mol. The first kappa shape index (κ1) is 42.4. The van der Waals surface area contributed by atoms with E-state index < -0.39 is 71.8 Å². The number of carbonyl (C=O) groups is 6. The minimum absolute atomic E-state index is 0.0119. The molecule has 1 aliphatic heterocycles. The highest BCUT2D eigenvalue weighted by atomic mass is 16.4. The molecule has 0 aliphatic carbocycles. The summed E-state index contributed by atoms with van der Waals surface area (Å²) in [6.45, 7) is 4.82. The summed E-state index contributed by atoms with van der Waals surface area (Å²) in [4.78, 5) is 78.7. The van der Waals surface area contributed by atoms with Crippen molar-refractivity contribution in [1.29, 1.82) is 0 Å². The quantitative estimate of drug-likeness (QED) is 0.0559. The third kappa shape index (κ3) is 16.5. The molecule has 5 amide bonds. The van der Waals surface area contributed by atoms with Crippen molar-refractivity contribution in [2.45, 2.75) is 127 Å². The Hall–Kier alpha value is -3.60. The van der Waals surface area contributed by atoms with Crippen LogP contribution in [0.2, 0.25) is 0 Å². The lowest BCUT2D eigenvalue weighted by molar-refractivity contribution is -0.143. The summed E-state index contributed by atoms with van der Waals surface area (Å²) in [7, 11) is 0. The number of rotatable bonds is 19. The number of hydrogen-bond acceptors (Lipinski definition) is 10. The topological polar surface area (TPSA) is 287 Å². The van der Waals surface area contributed by atoms with Crippen LogP contribution in [0.15, 0.2) is 12.2 Å². The van der Waals surface area contributed by atoms with Crippen LogP contribution < -0.4 is 49.5 Å². The molecule has 16 heteroatoms. The van der Waals surface area contributed by atoms with Crippen molar-refractivity contribution in [3.05, 3.63) is 12.2 Å². The molecular formula is C32H59N9O7. The molecule has 14 N–H and O–H groups in total. The van der Waals surface area contributed by atoms with E-state index in [4.69, 9.17) is 22.9 Å². The van der Waals surface area contributed by atoms with E-state index in [0.29, 0.717) is 58.2 Å². The van der Waals surface area contributed by atoms with Crippen LogP contribution in [0.3, 0.4) is 0 Å². The average Bonchev–Trinajstić information content (AvgIpc) is 3.03. The molecule has 0 radical (unpaired) electrons. The molecular weight excluding hydrogens is 622 g/mol. The summed E-state index contributed by atoms with van der Waals surface area (Å²) < 4.78 is 0. The van der Waals surface area contributed by atoms with Gasteiger partial charge in [0, 0.05) is 0 Å². The van der Waals surface area contributed by atoms with Gasteiger partial charge in [-0.25, -0.2) is 4.79 Å². The second-order valence-electron chi connectivity index (χ2n) is 12.7. The third-order valence-corrected chi connectivity index (χ3v) is 7.96. The van der Waals surface area contributed by atoms with E-state index in [9.17, 15) is 33.9 Å². The van der Waals surface area contributed by atoms with E-state index in [-0.39, 0.29) is 44.4 Å². The Morgan fingerprint density at radius 2 is 1.29 bits per heavy atom. The molecule has 0 bridgehead atoms. The number of carboxylic acids is 1. The molecule has 0 fully saturated rings. The van der Waals surface area contributed by atoms with Gasteiger partial charge in [0.2, 0.25) is 29.5 Å². The first-order valence-electron chi connectivity index (χ1n) is 17.1. The van der Waals surface area contributed by atoms with Gasteiger partial charge in [-0.3, -0.25) is 24.0 Å². The Morgan fingerprint density at radius 3 is 1.83 bits per heavy atom. The van der Waals surface area contributed by atoms with E-state index in [2.05, 4.69) is 26.6 Å². The van der Waals surface area contributed by atoms with Crippen LogP contribution in [-0.4, -0.2) is 96.5 Å². The lowest BCUT2D eigenvalue weighted by atomic mass is 10.0. The van der Waals surface area contributed by atoms with Gasteiger partial charge in [-0.1, -0.05) is 26.0 Å². The van der Waals surface area contributed by atoms with Gasteiger partial charge >= 0.3 is 5.97 Å². The van der Waals surface area contributed by atoms with Crippen molar-refractivity contribution < 1.29 is 33.9 Å². The molecule has 1 rings (SSSR count). The molecule has 0 aromatic heterocycles. The first-order valence-corrected chi connectivity index (χ1v) is 17.1. The zero-order valence-electron chi connectivity index (χ0n) is 28.5.